The van der Waals surface area contributed by atoms with Gasteiger partial charge in [-0.25, -0.2) is 13.9 Å². The first-order valence-corrected chi connectivity index (χ1v) is 7.90. The molecule has 0 unspecified atom stereocenters. The number of hydrogen-bond acceptors (Lipinski definition) is 3. The molecule has 2 aromatic rings. The molecular formula is C15H14FIN2O2. The van der Waals surface area contributed by atoms with Crippen LogP contribution in [0.2, 0.25) is 0 Å². The minimum Gasteiger partial charge on any atom is -0.461 e. The lowest BCUT2D eigenvalue weighted by Gasteiger charge is -2.11. The van der Waals surface area contributed by atoms with Crippen molar-refractivity contribution in [2.45, 2.75) is 25.7 Å². The molecule has 1 heterocycles. The SMILES string of the molecule is CCOC(=O)c1c(C2CC2)cnn1-c1c(F)cccc1I. The summed E-state index contributed by atoms with van der Waals surface area (Å²) in [6.45, 7) is 2.03. The van der Waals surface area contributed by atoms with E-state index in [-0.39, 0.29) is 6.61 Å². The van der Waals surface area contributed by atoms with Crippen molar-refractivity contribution in [2.24, 2.45) is 0 Å². The first-order chi connectivity index (χ1) is 10.1. The molecular weight excluding hydrogens is 386 g/mol. The van der Waals surface area contributed by atoms with Crippen LogP contribution < -0.4 is 0 Å². The van der Waals surface area contributed by atoms with Gasteiger partial charge in [-0.05, 0) is 60.4 Å². The molecule has 0 saturated heterocycles. The van der Waals surface area contributed by atoms with Crippen LogP contribution >= 0.6 is 22.6 Å². The lowest BCUT2D eigenvalue weighted by Crippen LogP contribution is -2.15. The van der Waals surface area contributed by atoms with Crippen molar-refractivity contribution in [1.82, 2.24) is 9.78 Å². The maximum Gasteiger partial charge on any atom is 0.357 e. The maximum atomic E-state index is 14.2. The van der Waals surface area contributed by atoms with Gasteiger partial charge in [0.1, 0.15) is 11.5 Å². The van der Waals surface area contributed by atoms with E-state index in [1.165, 1.54) is 10.7 Å². The predicted molar refractivity (Wildman–Crippen MR) is 84.2 cm³/mol. The molecule has 110 valence electrons. The van der Waals surface area contributed by atoms with Crippen LogP contribution in [0.3, 0.4) is 0 Å². The normalized spacial score (nSPS) is 14.2. The Kier molecular flexibility index (Phi) is 3.97. The topological polar surface area (TPSA) is 44.1 Å². The van der Waals surface area contributed by atoms with Crippen molar-refractivity contribution in [2.75, 3.05) is 6.61 Å². The van der Waals surface area contributed by atoms with Crippen molar-refractivity contribution in [3.8, 4) is 5.69 Å². The van der Waals surface area contributed by atoms with Crippen LogP contribution in [0.4, 0.5) is 4.39 Å². The lowest BCUT2D eigenvalue weighted by atomic mass is 10.1. The van der Waals surface area contributed by atoms with Crippen LogP contribution in [0.5, 0.6) is 0 Å². The highest BCUT2D eigenvalue weighted by Crippen LogP contribution is 2.42. The highest BCUT2D eigenvalue weighted by molar-refractivity contribution is 14.1. The maximum absolute atomic E-state index is 14.2. The molecule has 1 aliphatic carbocycles. The number of hydrogen-bond donors (Lipinski definition) is 0. The number of carbonyl (C=O) groups is 1. The average Bonchev–Trinajstić information content (AvgIpc) is 3.19. The molecule has 0 aliphatic heterocycles. The summed E-state index contributed by atoms with van der Waals surface area (Å²) in [7, 11) is 0. The Hall–Kier alpha value is -1.44. The van der Waals surface area contributed by atoms with Crippen molar-refractivity contribution < 1.29 is 13.9 Å². The van der Waals surface area contributed by atoms with Crippen LogP contribution in [0.1, 0.15) is 41.7 Å². The summed E-state index contributed by atoms with van der Waals surface area (Å²) < 4.78 is 21.4. The third-order valence-corrected chi connectivity index (χ3v) is 4.30. The summed E-state index contributed by atoms with van der Waals surface area (Å²) in [6, 6.07) is 4.78. The number of benzene rings is 1. The Morgan fingerprint density at radius 2 is 2.29 bits per heavy atom. The zero-order valence-corrected chi connectivity index (χ0v) is 13.6. The summed E-state index contributed by atoms with van der Waals surface area (Å²) >= 11 is 2.04. The van der Waals surface area contributed by atoms with Crippen LogP contribution in [-0.2, 0) is 4.74 Å². The molecule has 4 nitrogen and oxygen atoms in total. The third-order valence-electron chi connectivity index (χ3n) is 3.43. The summed E-state index contributed by atoms with van der Waals surface area (Å²) in [5, 5.41) is 4.24. The van der Waals surface area contributed by atoms with Crippen molar-refractivity contribution in [1.29, 1.82) is 0 Å². The quantitative estimate of drug-likeness (QED) is 0.581. The molecule has 3 rings (SSSR count). The molecule has 1 aliphatic rings. The Morgan fingerprint density at radius 1 is 1.52 bits per heavy atom. The largest absolute Gasteiger partial charge is 0.461 e. The van der Waals surface area contributed by atoms with E-state index < -0.39 is 11.8 Å². The fraction of sp³-hybridized carbons (Fsp3) is 0.333. The first-order valence-electron chi connectivity index (χ1n) is 6.83. The number of esters is 1. The molecule has 0 bridgehead atoms. The Labute approximate surface area is 135 Å². The average molecular weight is 400 g/mol. The lowest BCUT2D eigenvalue weighted by molar-refractivity contribution is 0.0514. The molecule has 1 saturated carbocycles. The second-order valence-electron chi connectivity index (χ2n) is 4.93. The van der Waals surface area contributed by atoms with E-state index in [9.17, 15) is 9.18 Å². The molecule has 1 fully saturated rings. The fourth-order valence-electron chi connectivity index (χ4n) is 2.32. The fourth-order valence-corrected chi connectivity index (χ4v) is 3.01. The number of rotatable bonds is 4. The van der Waals surface area contributed by atoms with Gasteiger partial charge >= 0.3 is 5.97 Å². The molecule has 0 spiro atoms. The highest BCUT2D eigenvalue weighted by Gasteiger charge is 2.33. The summed E-state index contributed by atoms with van der Waals surface area (Å²) in [6.07, 6.45) is 3.73. The van der Waals surface area contributed by atoms with Crippen molar-refractivity contribution in [3.05, 3.63) is 45.0 Å². The van der Waals surface area contributed by atoms with Gasteiger partial charge in [-0.15, -0.1) is 0 Å². The minimum absolute atomic E-state index is 0.280. The number of halogens is 2. The smallest absolute Gasteiger partial charge is 0.357 e. The van der Waals surface area contributed by atoms with Crippen LogP contribution in [0, 0.1) is 9.39 Å². The molecule has 21 heavy (non-hydrogen) atoms. The zero-order chi connectivity index (χ0) is 15.0. The van der Waals surface area contributed by atoms with Crippen LogP contribution in [0.15, 0.2) is 24.4 Å². The van der Waals surface area contributed by atoms with Gasteiger partial charge in [-0.3, -0.25) is 0 Å². The van der Waals surface area contributed by atoms with E-state index in [1.807, 2.05) is 22.6 Å². The number of carbonyl (C=O) groups excluding carboxylic acids is 1. The number of nitrogens with zero attached hydrogens (tertiary/aromatic N) is 2. The van der Waals surface area contributed by atoms with Gasteiger partial charge in [0.05, 0.1) is 12.8 Å². The van der Waals surface area contributed by atoms with Crippen LogP contribution in [-0.4, -0.2) is 22.4 Å². The Balaban J connectivity index is 2.16. The van der Waals surface area contributed by atoms with Gasteiger partial charge in [-0.2, -0.15) is 5.10 Å². The number of para-hydroxylation sites is 1. The number of ether oxygens (including phenoxy) is 1. The van der Waals surface area contributed by atoms with Gasteiger partial charge < -0.3 is 4.74 Å². The highest BCUT2D eigenvalue weighted by atomic mass is 127. The second-order valence-corrected chi connectivity index (χ2v) is 6.09. The summed E-state index contributed by atoms with van der Waals surface area (Å²) in [4.78, 5) is 12.3. The summed E-state index contributed by atoms with van der Waals surface area (Å²) in [5.41, 5.74) is 1.50. The molecule has 0 N–H and O–H groups in total. The van der Waals surface area contributed by atoms with Crippen LogP contribution in [0.25, 0.3) is 5.69 Å². The molecule has 1 aromatic heterocycles. The first kappa shape index (κ1) is 14.5. The van der Waals surface area contributed by atoms with E-state index in [2.05, 4.69) is 5.10 Å². The minimum atomic E-state index is -0.448. The number of aromatic nitrogens is 2. The standard InChI is InChI=1S/C15H14FIN2O2/c1-2-21-15(20)13-10(9-6-7-9)8-18-19(13)14-11(16)4-3-5-12(14)17/h3-5,8-9H,2,6-7H2,1H3. The molecule has 0 radical (unpaired) electrons. The van der Waals surface area contributed by atoms with E-state index >= 15 is 0 Å². The second kappa shape index (κ2) is 5.75. The Bertz CT molecular complexity index is 675. The molecule has 1 aromatic carbocycles. The van der Waals surface area contributed by atoms with E-state index in [0.717, 1.165) is 18.4 Å². The summed E-state index contributed by atoms with van der Waals surface area (Å²) in [5.74, 6) is -0.517. The van der Waals surface area contributed by atoms with E-state index in [4.69, 9.17) is 4.74 Å². The molecule has 0 atom stereocenters. The van der Waals surface area contributed by atoms with E-state index in [0.29, 0.717) is 20.9 Å². The van der Waals surface area contributed by atoms with Crippen molar-refractivity contribution in [3.63, 3.8) is 0 Å². The molecule has 0 amide bonds. The van der Waals surface area contributed by atoms with Gasteiger partial charge in [-0.1, -0.05) is 6.07 Å². The van der Waals surface area contributed by atoms with Gasteiger partial charge in [0.15, 0.2) is 5.69 Å². The third kappa shape index (κ3) is 2.68. The van der Waals surface area contributed by atoms with Gasteiger partial charge in [0.2, 0.25) is 0 Å². The molecule has 6 heteroatoms. The zero-order valence-electron chi connectivity index (χ0n) is 11.5. The van der Waals surface area contributed by atoms with Crippen molar-refractivity contribution >= 4 is 28.6 Å². The van der Waals surface area contributed by atoms with Gasteiger partial charge in [0, 0.05) is 9.13 Å². The van der Waals surface area contributed by atoms with E-state index in [1.54, 1.807) is 25.3 Å². The Morgan fingerprint density at radius 3 is 2.90 bits per heavy atom. The monoisotopic (exact) mass is 400 g/mol. The predicted octanol–water partition coefficient (Wildman–Crippen LogP) is 3.67. The van der Waals surface area contributed by atoms with Gasteiger partial charge in [0.25, 0.3) is 0 Å².